The highest BCUT2D eigenvalue weighted by Gasteiger charge is 2.12. The molecule has 8 nitrogen and oxygen atoms in total. The molecule has 0 unspecified atom stereocenters. The highest BCUT2D eigenvalue weighted by molar-refractivity contribution is 5.49. The van der Waals surface area contributed by atoms with Crippen LogP contribution in [0.3, 0.4) is 0 Å². The zero-order chi connectivity index (χ0) is 16.1. The Morgan fingerprint density at radius 2 is 1.91 bits per heavy atom. The molecule has 0 aliphatic rings. The van der Waals surface area contributed by atoms with Crippen LogP contribution < -0.4 is 5.01 Å². The van der Waals surface area contributed by atoms with Gasteiger partial charge < -0.3 is 0 Å². The minimum atomic E-state index is -0.492. The van der Waals surface area contributed by atoms with Crippen LogP contribution in [0.4, 0.5) is 10.1 Å². The molecule has 0 saturated heterocycles. The van der Waals surface area contributed by atoms with Crippen LogP contribution in [0.25, 0.3) is 0 Å². The van der Waals surface area contributed by atoms with Gasteiger partial charge in [0.25, 0.3) is 0 Å². The van der Waals surface area contributed by atoms with Crippen LogP contribution in [0.2, 0.25) is 0 Å². The Labute approximate surface area is 131 Å². The number of halogens is 1. The van der Waals surface area contributed by atoms with Crippen LogP contribution in [0, 0.1) is 11.3 Å². The van der Waals surface area contributed by atoms with Crippen molar-refractivity contribution in [2.24, 2.45) is 0 Å². The van der Waals surface area contributed by atoms with Crippen molar-refractivity contribution in [1.82, 2.24) is 29.9 Å². The Bertz CT molecular complexity index is 787. The first-order chi connectivity index (χ1) is 11.3. The Morgan fingerprint density at radius 3 is 2.57 bits per heavy atom. The molecule has 9 heteroatoms. The van der Waals surface area contributed by atoms with Crippen LogP contribution in [0.15, 0.2) is 43.1 Å². The maximum absolute atomic E-state index is 12.4. The molecule has 0 N–H and O–H groups in total. The van der Waals surface area contributed by atoms with Crippen molar-refractivity contribution in [3.05, 3.63) is 54.4 Å². The highest BCUT2D eigenvalue weighted by atomic mass is 19.1. The molecule has 0 radical (unpaired) electrons. The Balaban J connectivity index is 1.87. The summed E-state index contributed by atoms with van der Waals surface area (Å²) in [4.78, 5) is 0. The molecule has 0 bridgehead atoms. The van der Waals surface area contributed by atoms with E-state index in [0.29, 0.717) is 17.8 Å². The molecule has 23 heavy (non-hydrogen) atoms. The molecule has 0 spiro atoms. The van der Waals surface area contributed by atoms with E-state index >= 15 is 0 Å². The fourth-order valence-electron chi connectivity index (χ4n) is 2.09. The van der Waals surface area contributed by atoms with Crippen molar-refractivity contribution >= 4 is 5.69 Å². The minimum Gasteiger partial charge on any atom is -0.273 e. The number of benzene rings is 1. The zero-order valence-electron chi connectivity index (χ0n) is 12.1. The van der Waals surface area contributed by atoms with Gasteiger partial charge in [-0.1, -0.05) is 5.21 Å². The summed E-state index contributed by atoms with van der Waals surface area (Å²) < 4.78 is 15.5. The van der Waals surface area contributed by atoms with Crippen molar-refractivity contribution in [3.63, 3.8) is 0 Å². The lowest BCUT2D eigenvalue weighted by Crippen LogP contribution is -2.28. The van der Waals surface area contributed by atoms with Gasteiger partial charge in [0.1, 0.15) is 25.0 Å². The first kappa shape index (κ1) is 14.6. The van der Waals surface area contributed by atoms with E-state index in [1.807, 2.05) is 17.1 Å². The number of alkyl halides is 1. The van der Waals surface area contributed by atoms with Crippen LogP contribution in [-0.4, -0.2) is 36.5 Å². The number of aromatic nitrogens is 6. The second-order valence-electron chi connectivity index (χ2n) is 4.72. The maximum Gasteiger partial charge on any atom is 0.139 e. The van der Waals surface area contributed by atoms with E-state index in [1.54, 1.807) is 35.7 Å². The highest BCUT2D eigenvalue weighted by Crippen LogP contribution is 2.18. The van der Waals surface area contributed by atoms with Gasteiger partial charge in [-0.05, 0) is 24.3 Å². The topological polar surface area (TPSA) is 88.5 Å². The summed E-state index contributed by atoms with van der Waals surface area (Å²) in [5, 5.41) is 26.3. The standard InChI is InChI=1S/C14H13FN8/c15-5-6-21-8-13(19-20-21)9-23(22-10-17-18-11-22)14-3-1-12(7-16)2-4-14/h1-4,8,10-11H,5-6,9H2. The molecule has 2 aromatic heterocycles. The molecule has 0 atom stereocenters. The van der Waals surface area contributed by atoms with Gasteiger partial charge in [0.2, 0.25) is 0 Å². The first-order valence-electron chi connectivity index (χ1n) is 6.88. The van der Waals surface area contributed by atoms with Gasteiger partial charge in [0.15, 0.2) is 0 Å². The van der Waals surface area contributed by atoms with Crippen LogP contribution in [0.1, 0.15) is 11.3 Å². The molecular formula is C14H13FN8. The average molecular weight is 312 g/mol. The van der Waals surface area contributed by atoms with Crippen molar-refractivity contribution < 1.29 is 4.39 Å². The van der Waals surface area contributed by atoms with E-state index in [1.165, 1.54) is 4.68 Å². The fourth-order valence-corrected chi connectivity index (χ4v) is 2.09. The Morgan fingerprint density at radius 1 is 1.17 bits per heavy atom. The fraction of sp³-hybridized carbons (Fsp3) is 0.214. The maximum atomic E-state index is 12.4. The van der Waals surface area contributed by atoms with Gasteiger partial charge >= 0.3 is 0 Å². The summed E-state index contributed by atoms with van der Waals surface area (Å²) >= 11 is 0. The van der Waals surface area contributed by atoms with Gasteiger partial charge in [0, 0.05) is 0 Å². The van der Waals surface area contributed by atoms with E-state index in [0.717, 1.165) is 5.69 Å². The predicted octanol–water partition coefficient (Wildman–Crippen LogP) is 1.18. The molecule has 0 aliphatic heterocycles. The van der Waals surface area contributed by atoms with E-state index in [4.69, 9.17) is 5.26 Å². The van der Waals surface area contributed by atoms with Crippen LogP contribution in [0.5, 0.6) is 0 Å². The smallest absolute Gasteiger partial charge is 0.139 e. The lowest BCUT2D eigenvalue weighted by molar-refractivity contribution is 0.422. The van der Waals surface area contributed by atoms with Gasteiger partial charge in [-0.2, -0.15) is 5.26 Å². The summed E-state index contributed by atoms with van der Waals surface area (Å²) in [6.07, 6.45) is 4.81. The second-order valence-corrected chi connectivity index (χ2v) is 4.72. The van der Waals surface area contributed by atoms with Crippen LogP contribution >= 0.6 is 0 Å². The van der Waals surface area contributed by atoms with Crippen LogP contribution in [-0.2, 0) is 13.1 Å². The quantitative estimate of drug-likeness (QED) is 0.679. The summed E-state index contributed by atoms with van der Waals surface area (Å²) in [5.74, 6) is 0. The molecule has 0 fully saturated rings. The summed E-state index contributed by atoms with van der Waals surface area (Å²) in [5.41, 5.74) is 2.09. The normalized spacial score (nSPS) is 10.4. The minimum absolute atomic E-state index is 0.177. The number of nitriles is 1. The molecule has 0 amide bonds. The molecule has 116 valence electrons. The molecule has 0 aliphatic carbocycles. The van der Waals surface area contributed by atoms with Crippen molar-refractivity contribution in [2.75, 3.05) is 11.7 Å². The largest absolute Gasteiger partial charge is 0.273 e. The van der Waals surface area contributed by atoms with Crippen molar-refractivity contribution in [1.29, 1.82) is 5.26 Å². The predicted molar refractivity (Wildman–Crippen MR) is 78.8 cm³/mol. The molecule has 2 heterocycles. The summed E-state index contributed by atoms with van der Waals surface area (Å²) in [6, 6.07) is 9.19. The third-order valence-corrected chi connectivity index (χ3v) is 3.19. The van der Waals surface area contributed by atoms with Gasteiger partial charge in [0.05, 0.1) is 36.6 Å². The zero-order valence-corrected chi connectivity index (χ0v) is 12.1. The average Bonchev–Trinajstić information content (AvgIpc) is 3.25. The first-order valence-corrected chi connectivity index (χ1v) is 6.88. The van der Waals surface area contributed by atoms with E-state index < -0.39 is 6.67 Å². The van der Waals surface area contributed by atoms with Gasteiger partial charge in [-0.25, -0.2) is 13.7 Å². The lowest BCUT2D eigenvalue weighted by atomic mass is 10.2. The Kier molecular flexibility index (Phi) is 4.24. The molecule has 1 aromatic carbocycles. The van der Waals surface area contributed by atoms with Crippen molar-refractivity contribution in [2.45, 2.75) is 13.1 Å². The number of hydrogen-bond donors (Lipinski definition) is 0. The van der Waals surface area contributed by atoms with E-state index in [2.05, 4.69) is 26.6 Å². The number of anilines is 1. The number of hydrogen-bond acceptors (Lipinski definition) is 6. The molecule has 0 saturated carbocycles. The number of aryl methyl sites for hydroxylation is 1. The van der Waals surface area contributed by atoms with Gasteiger partial charge in [-0.3, -0.25) is 5.01 Å². The molecular weight excluding hydrogens is 299 g/mol. The summed E-state index contributed by atoms with van der Waals surface area (Å²) in [7, 11) is 0. The third kappa shape index (κ3) is 3.32. The summed E-state index contributed by atoms with van der Waals surface area (Å²) in [6.45, 7) is 0.0836. The van der Waals surface area contributed by atoms with Gasteiger partial charge in [-0.15, -0.1) is 15.3 Å². The SMILES string of the molecule is N#Cc1ccc(N(Cc2cn(CCF)nn2)n2cnnc2)cc1. The Hall–Kier alpha value is -3.28. The number of rotatable bonds is 6. The lowest BCUT2D eigenvalue weighted by Gasteiger charge is -2.23. The second kappa shape index (κ2) is 6.65. The monoisotopic (exact) mass is 312 g/mol. The van der Waals surface area contributed by atoms with E-state index in [-0.39, 0.29) is 6.54 Å². The third-order valence-electron chi connectivity index (χ3n) is 3.19. The van der Waals surface area contributed by atoms with Crippen molar-refractivity contribution in [3.8, 4) is 6.07 Å². The van der Waals surface area contributed by atoms with E-state index in [9.17, 15) is 4.39 Å². The molecule has 3 rings (SSSR count). The number of nitrogens with zero attached hydrogens (tertiary/aromatic N) is 8. The molecule has 3 aromatic rings.